The van der Waals surface area contributed by atoms with E-state index in [4.69, 9.17) is 16.5 Å². The van der Waals surface area contributed by atoms with Gasteiger partial charge >= 0.3 is 17.8 Å². The van der Waals surface area contributed by atoms with E-state index < -0.39 is 56.5 Å². The zero-order valence-electron chi connectivity index (χ0n) is 29.8. The molecule has 0 rings (SSSR count). The summed E-state index contributed by atoms with van der Waals surface area (Å²) in [6.45, 7) is 38.4. The maximum Gasteiger partial charge on any atom is 0.314 e. The van der Waals surface area contributed by atoms with Crippen LogP contribution in [0.25, 0.3) is 0 Å². The summed E-state index contributed by atoms with van der Waals surface area (Å²) in [7, 11) is -11.2. The van der Waals surface area contributed by atoms with Crippen molar-refractivity contribution in [3.8, 4) is 0 Å². The summed E-state index contributed by atoms with van der Waals surface area (Å²) in [5, 5.41) is 21.2. The molecule has 12 heteroatoms. The molecule has 0 spiro atoms. The molecular weight excluding hydrogens is 601 g/mol. The zero-order chi connectivity index (χ0) is 32.1. The van der Waals surface area contributed by atoms with Crippen molar-refractivity contribution in [2.75, 3.05) is 13.2 Å². The molecule has 0 aliphatic carbocycles. The van der Waals surface area contributed by atoms with Crippen LogP contribution in [0.4, 0.5) is 0 Å². The summed E-state index contributed by atoms with van der Waals surface area (Å²) >= 11 is 0. The second kappa shape index (κ2) is 14.9. The van der Waals surface area contributed by atoms with E-state index in [9.17, 15) is 10.2 Å². The Hall–Kier alpha value is 1.06. The van der Waals surface area contributed by atoms with Crippen molar-refractivity contribution < 1.29 is 26.7 Å². The second-order valence-corrected chi connectivity index (χ2v) is 42.3. The molecule has 0 fully saturated rings. The summed E-state index contributed by atoms with van der Waals surface area (Å²) in [6, 6.07) is 1.87. The van der Waals surface area contributed by atoms with Crippen molar-refractivity contribution in [1.82, 2.24) is 0 Å². The summed E-state index contributed by atoms with van der Waals surface area (Å²) in [5.41, 5.74) is -0.495. The van der Waals surface area contributed by atoms with E-state index in [0.717, 1.165) is 37.8 Å². The normalized spacial score (nSPS) is 15.3. The van der Waals surface area contributed by atoms with Crippen LogP contribution >= 0.6 is 0 Å². The highest BCUT2D eigenvalue weighted by molar-refractivity contribution is 6.87. The number of aliphatic hydroxyl groups is 2. The topological polar surface area (TPSA) is 77.4 Å². The molecule has 0 aliphatic rings. The van der Waals surface area contributed by atoms with Crippen LogP contribution in [-0.2, 0) is 16.5 Å². The van der Waals surface area contributed by atoms with Gasteiger partial charge in [-0.3, -0.25) is 0 Å². The van der Waals surface area contributed by atoms with E-state index in [0.29, 0.717) is 0 Å². The predicted octanol–water partition coefficient (Wildman–Crippen LogP) is 8.27. The fraction of sp³-hybridized carbons (Fsp3) is 1.00. The van der Waals surface area contributed by atoms with Crippen LogP contribution in [0.5, 0.6) is 0 Å². The van der Waals surface area contributed by atoms with Gasteiger partial charge in [0.1, 0.15) is 0 Å². The first-order valence-corrected chi connectivity index (χ1v) is 33.3. The first kappa shape index (κ1) is 41.1. The molecular formula is C28H70O6Si6. The van der Waals surface area contributed by atoms with Crippen molar-refractivity contribution in [3.63, 3.8) is 0 Å². The summed E-state index contributed by atoms with van der Waals surface area (Å²) in [6.07, 6.45) is 3.41. The van der Waals surface area contributed by atoms with Gasteiger partial charge in [-0.25, -0.2) is 0 Å². The largest absolute Gasteiger partial charge is 0.439 e. The Kier molecular flexibility index (Phi) is 15.3. The Balaban J connectivity index is 5.62. The molecule has 0 saturated carbocycles. The van der Waals surface area contributed by atoms with Crippen LogP contribution in [0.1, 0.15) is 53.4 Å². The van der Waals surface area contributed by atoms with Gasteiger partial charge in [-0.2, -0.15) is 0 Å². The molecule has 0 unspecified atom stereocenters. The van der Waals surface area contributed by atoms with Gasteiger partial charge in [0.15, 0.2) is 33.3 Å². The molecule has 0 aromatic carbocycles. The maximum atomic E-state index is 10.6. The molecule has 0 amide bonds. The number of hydrogen-bond acceptors (Lipinski definition) is 6. The highest BCUT2D eigenvalue weighted by Gasteiger charge is 2.45. The van der Waals surface area contributed by atoms with Crippen LogP contribution in [0.15, 0.2) is 0 Å². The van der Waals surface area contributed by atoms with Gasteiger partial charge in [0.2, 0.25) is 0 Å². The Morgan fingerprint density at radius 3 is 1.18 bits per heavy atom. The van der Waals surface area contributed by atoms with Crippen molar-refractivity contribution in [1.29, 1.82) is 0 Å². The first-order chi connectivity index (χ1) is 17.4. The molecule has 0 radical (unpaired) electrons. The number of rotatable bonds is 20. The van der Waals surface area contributed by atoms with Gasteiger partial charge in [-0.05, 0) is 134 Å². The lowest BCUT2D eigenvalue weighted by Crippen LogP contribution is -2.54. The summed E-state index contributed by atoms with van der Waals surface area (Å²) in [5.74, 6) is 0. The van der Waals surface area contributed by atoms with Crippen molar-refractivity contribution in [2.24, 2.45) is 16.2 Å². The smallest absolute Gasteiger partial charge is 0.314 e. The average Bonchev–Trinajstić information content (AvgIpc) is 2.61. The van der Waals surface area contributed by atoms with Crippen molar-refractivity contribution in [2.45, 2.75) is 151 Å². The van der Waals surface area contributed by atoms with Crippen molar-refractivity contribution >= 4 is 51.1 Å². The van der Waals surface area contributed by atoms with E-state index in [-0.39, 0.29) is 24.0 Å². The van der Waals surface area contributed by atoms with Crippen LogP contribution in [0, 0.1) is 16.2 Å². The Bertz CT molecular complexity index is 714. The summed E-state index contributed by atoms with van der Waals surface area (Å²) in [4.78, 5) is 0. The molecule has 0 aliphatic heterocycles. The third-order valence-electron chi connectivity index (χ3n) is 6.87. The average molecular weight is 671 g/mol. The Labute approximate surface area is 257 Å². The fourth-order valence-corrected chi connectivity index (χ4v) is 27.6. The first-order valence-electron chi connectivity index (χ1n) is 15.4. The maximum absolute atomic E-state index is 10.6. The van der Waals surface area contributed by atoms with E-state index in [1.54, 1.807) is 0 Å². The number of hydrogen-bond donors (Lipinski definition) is 2. The van der Waals surface area contributed by atoms with Gasteiger partial charge < -0.3 is 26.7 Å². The SMILES string of the molecule is CC(C)(CCC(CO)(CO)CCC(C)(C)C[Si](C)(O[Si](C)(C)C)O[Si](C)(C)C)C[SiH](O[Si](C)(C)C)O[Si](C)(C)C. The fourth-order valence-electron chi connectivity index (χ4n) is 5.49. The lowest BCUT2D eigenvalue weighted by atomic mass is 9.73. The second-order valence-electron chi connectivity index (χ2n) is 18.0. The third kappa shape index (κ3) is 19.4. The molecule has 2 N–H and O–H groups in total. The van der Waals surface area contributed by atoms with Crippen LogP contribution < -0.4 is 0 Å². The van der Waals surface area contributed by atoms with Crippen LogP contribution in [0.3, 0.4) is 0 Å². The van der Waals surface area contributed by atoms with Crippen molar-refractivity contribution in [3.05, 3.63) is 0 Å². The van der Waals surface area contributed by atoms with E-state index in [1.807, 2.05) is 0 Å². The molecule has 0 aromatic heterocycles. The molecule has 0 heterocycles. The highest BCUT2D eigenvalue weighted by atomic mass is 28.5. The standard InChI is InChI=1S/C28H70O6Si6/c1-26(2,24-35(31-36(5,6)7)32-37(8,9)10)18-20-28(22-29,23-30)21-19-27(3,4)25-40(17,33-38(11,12)13)34-39(14,15)16/h29-30,35H,18-25H2,1-17H3. The van der Waals surface area contributed by atoms with Gasteiger partial charge in [0.25, 0.3) is 0 Å². The van der Waals surface area contributed by atoms with E-state index in [2.05, 4.69) is 113 Å². The molecule has 242 valence electrons. The minimum atomic E-state index is -2.40. The van der Waals surface area contributed by atoms with Crippen LogP contribution in [-0.4, -0.2) is 74.5 Å². The molecule has 0 bridgehead atoms. The lowest BCUT2D eigenvalue weighted by Gasteiger charge is -2.43. The predicted molar refractivity (Wildman–Crippen MR) is 189 cm³/mol. The molecule has 0 saturated heterocycles. The Morgan fingerprint density at radius 1 is 0.525 bits per heavy atom. The zero-order valence-corrected chi connectivity index (χ0v) is 35.9. The molecule has 0 aromatic rings. The monoisotopic (exact) mass is 670 g/mol. The third-order valence-corrected chi connectivity index (χ3v) is 26.0. The molecule has 6 nitrogen and oxygen atoms in total. The molecule has 0 atom stereocenters. The minimum Gasteiger partial charge on any atom is -0.439 e. The van der Waals surface area contributed by atoms with Gasteiger partial charge in [0.05, 0.1) is 13.2 Å². The van der Waals surface area contributed by atoms with Crippen LogP contribution in [0.2, 0.25) is 97.2 Å². The quantitative estimate of drug-likeness (QED) is 0.127. The Morgan fingerprint density at radius 2 is 0.875 bits per heavy atom. The molecule has 40 heavy (non-hydrogen) atoms. The minimum absolute atomic E-state index is 0.00116. The number of aliphatic hydroxyl groups excluding tert-OH is 2. The van der Waals surface area contributed by atoms with Gasteiger partial charge in [-0.1, -0.05) is 27.7 Å². The van der Waals surface area contributed by atoms with E-state index in [1.165, 1.54) is 0 Å². The highest BCUT2D eigenvalue weighted by Crippen LogP contribution is 2.43. The van der Waals surface area contributed by atoms with Gasteiger partial charge in [-0.15, -0.1) is 0 Å². The lowest BCUT2D eigenvalue weighted by molar-refractivity contribution is 0.0217. The van der Waals surface area contributed by atoms with E-state index >= 15 is 0 Å². The summed E-state index contributed by atoms with van der Waals surface area (Å²) < 4.78 is 26.8. The van der Waals surface area contributed by atoms with Gasteiger partial charge in [0, 0.05) is 5.41 Å².